The Bertz CT molecular complexity index is 1480. The number of likely N-dealkylation sites (N-methyl/N-ethyl adjacent to an activating group) is 1. The van der Waals surface area contributed by atoms with Crippen LogP contribution < -0.4 is 10.2 Å². The molecule has 5 nitrogen and oxygen atoms in total. The first-order valence-electron chi connectivity index (χ1n) is 14.6. The zero-order chi connectivity index (χ0) is 30.2. The normalized spacial score (nSPS) is 18.2. The minimum Gasteiger partial charge on any atom is -0.341 e. The average Bonchev–Trinajstić information content (AvgIpc) is 3.23. The zero-order valence-electron chi connectivity index (χ0n) is 24.6. The Hall–Kier alpha value is -2.93. The van der Waals surface area contributed by atoms with Gasteiger partial charge in [0.2, 0.25) is 5.91 Å². The smallest absolute Gasteiger partial charge is 0.253 e. The third-order valence-corrected chi connectivity index (χ3v) is 9.95. The van der Waals surface area contributed by atoms with Gasteiger partial charge in [-0.15, -0.1) is 0 Å². The van der Waals surface area contributed by atoms with E-state index in [2.05, 4.69) is 23.5 Å². The maximum Gasteiger partial charge on any atom is 0.253 e. The van der Waals surface area contributed by atoms with Gasteiger partial charge in [0.15, 0.2) is 0 Å². The Balaban J connectivity index is 1.46. The molecule has 0 aromatic heterocycles. The molecule has 1 N–H and O–H groups in total. The number of amides is 2. The highest BCUT2D eigenvalue weighted by atomic mass is 35.5. The van der Waals surface area contributed by atoms with Crippen molar-refractivity contribution in [3.05, 3.63) is 98.3 Å². The van der Waals surface area contributed by atoms with Gasteiger partial charge in [0.25, 0.3) is 5.91 Å². The Kier molecular flexibility index (Phi) is 8.98. The first-order chi connectivity index (χ1) is 20.0. The predicted molar refractivity (Wildman–Crippen MR) is 168 cm³/mol. The molecule has 42 heavy (non-hydrogen) atoms. The van der Waals surface area contributed by atoms with E-state index in [0.29, 0.717) is 33.3 Å². The molecule has 2 amide bonds. The van der Waals surface area contributed by atoms with Crippen LogP contribution in [0.25, 0.3) is 0 Å². The summed E-state index contributed by atoms with van der Waals surface area (Å²) in [5.41, 5.74) is 4.49. The van der Waals surface area contributed by atoms with Crippen molar-refractivity contribution >= 4 is 40.7 Å². The second-order valence-corrected chi connectivity index (χ2v) is 12.7. The summed E-state index contributed by atoms with van der Waals surface area (Å²) in [6, 6.07) is 17.2. The Morgan fingerprint density at radius 2 is 1.71 bits per heavy atom. The van der Waals surface area contributed by atoms with Crippen LogP contribution in [0.3, 0.4) is 0 Å². The number of hydrogen-bond acceptors (Lipinski definition) is 3. The summed E-state index contributed by atoms with van der Waals surface area (Å²) in [6.07, 6.45) is 3.40. The average molecular weight is 611 g/mol. The Labute approximate surface area is 258 Å². The van der Waals surface area contributed by atoms with Gasteiger partial charge in [-0.3, -0.25) is 9.59 Å². The van der Waals surface area contributed by atoms with E-state index in [1.54, 1.807) is 50.9 Å². The molecule has 3 aromatic carbocycles. The second kappa shape index (κ2) is 12.4. The van der Waals surface area contributed by atoms with E-state index < -0.39 is 0 Å². The molecule has 5 rings (SSSR count). The number of benzene rings is 3. The summed E-state index contributed by atoms with van der Waals surface area (Å²) in [6.45, 7) is 7.24. The van der Waals surface area contributed by atoms with Crippen molar-refractivity contribution in [2.45, 2.75) is 63.8 Å². The lowest BCUT2D eigenvalue weighted by Crippen LogP contribution is -2.51. The van der Waals surface area contributed by atoms with Crippen LogP contribution in [-0.2, 0) is 10.2 Å². The monoisotopic (exact) mass is 609 g/mol. The lowest BCUT2D eigenvalue weighted by molar-refractivity contribution is -0.117. The van der Waals surface area contributed by atoms with Crippen molar-refractivity contribution in [2.75, 3.05) is 31.6 Å². The molecule has 1 saturated heterocycles. The van der Waals surface area contributed by atoms with Gasteiger partial charge in [-0.2, -0.15) is 0 Å². The number of hydrogen-bond donors (Lipinski definition) is 1. The van der Waals surface area contributed by atoms with Crippen LogP contribution in [0.5, 0.6) is 0 Å². The molecule has 2 aliphatic heterocycles. The van der Waals surface area contributed by atoms with Gasteiger partial charge in [0.05, 0.1) is 10.0 Å². The highest BCUT2D eigenvalue weighted by Gasteiger charge is 2.52. The molecule has 1 fully saturated rings. The van der Waals surface area contributed by atoms with E-state index in [9.17, 15) is 14.0 Å². The molecule has 222 valence electrons. The van der Waals surface area contributed by atoms with Gasteiger partial charge < -0.3 is 15.1 Å². The first-order valence-corrected chi connectivity index (χ1v) is 15.4. The van der Waals surface area contributed by atoms with E-state index in [4.69, 9.17) is 23.2 Å². The number of nitrogens with zero attached hydrogens (tertiary/aromatic N) is 2. The van der Waals surface area contributed by atoms with Crippen LogP contribution in [-0.4, -0.2) is 49.4 Å². The Morgan fingerprint density at radius 3 is 2.36 bits per heavy atom. The van der Waals surface area contributed by atoms with Gasteiger partial charge in [-0.05, 0) is 105 Å². The van der Waals surface area contributed by atoms with Crippen molar-refractivity contribution in [1.29, 1.82) is 0 Å². The summed E-state index contributed by atoms with van der Waals surface area (Å²) >= 11 is 12.7. The molecule has 1 unspecified atom stereocenters. The molecule has 0 radical (unpaired) electrons. The molecule has 8 heteroatoms. The van der Waals surface area contributed by atoms with Crippen LogP contribution in [0.15, 0.2) is 54.6 Å². The lowest BCUT2D eigenvalue weighted by atomic mass is 9.68. The molecule has 3 aromatic rings. The lowest BCUT2D eigenvalue weighted by Gasteiger charge is -2.42. The SMILES string of the molecule is CC(=O)N1c2ccccc2C2(CCNCC2)C1CC[C@H](CN(C)C(=O)c1cc(C)c(F)c(C)c1)c1ccc(Cl)c(Cl)c1. The van der Waals surface area contributed by atoms with Gasteiger partial charge >= 0.3 is 0 Å². The van der Waals surface area contributed by atoms with Crippen LogP contribution in [0.4, 0.5) is 10.1 Å². The highest BCUT2D eigenvalue weighted by Crippen LogP contribution is 2.52. The molecule has 2 atom stereocenters. The van der Waals surface area contributed by atoms with E-state index >= 15 is 0 Å². The Morgan fingerprint density at radius 1 is 1.05 bits per heavy atom. The number of nitrogens with one attached hydrogen (secondary N) is 1. The zero-order valence-corrected chi connectivity index (χ0v) is 26.2. The quantitative estimate of drug-likeness (QED) is 0.303. The molecule has 2 aliphatic rings. The molecule has 0 aliphatic carbocycles. The summed E-state index contributed by atoms with van der Waals surface area (Å²) in [4.78, 5) is 30.4. The molecule has 1 spiro atoms. The maximum atomic E-state index is 14.3. The topological polar surface area (TPSA) is 52.7 Å². The second-order valence-electron chi connectivity index (χ2n) is 11.9. The summed E-state index contributed by atoms with van der Waals surface area (Å²) < 4.78 is 14.3. The largest absolute Gasteiger partial charge is 0.341 e. The van der Waals surface area contributed by atoms with Crippen LogP contribution in [0.2, 0.25) is 10.0 Å². The van der Waals surface area contributed by atoms with Crippen LogP contribution in [0.1, 0.15) is 71.1 Å². The predicted octanol–water partition coefficient (Wildman–Crippen LogP) is 7.44. The van der Waals surface area contributed by atoms with Crippen LogP contribution >= 0.6 is 23.2 Å². The number of aryl methyl sites for hydroxylation is 2. The molecular formula is C34H38Cl2FN3O2. The van der Waals surface area contributed by atoms with Crippen molar-refractivity contribution in [3.63, 3.8) is 0 Å². The minimum atomic E-state index is -0.290. The van der Waals surface area contributed by atoms with Gasteiger partial charge in [-0.25, -0.2) is 4.39 Å². The standard InChI is InChI=1S/C34H38Cl2FN3O2/c1-21-17-26(18-22(2)32(21)37)33(42)39(4)20-25(24-9-11-28(35)29(36)19-24)10-12-31-34(13-15-38-16-14-34)27-7-5-6-8-30(27)40(31)23(3)41/h5-9,11,17-19,25,31,38H,10,12-16,20H2,1-4H3/t25-,31?/m1/s1. The maximum absolute atomic E-state index is 14.3. The number of halogens is 3. The number of rotatable bonds is 7. The molecule has 0 saturated carbocycles. The number of carbonyl (C=O) groups is 2. The summed E-state index contributed by atoms with van der Waals surface area (Å²) in [5, 5.41) is 4.44. The van der Waals surface area contributed by atoms with Crippen molar-refractivity contribution in [2.24, 2.45) is 0 Å². The number of anilines is 1. The van der Waals surface area contributed by atoms with Crippen molar-refractivity contribution in [1.82, 2.24) is 10.2 Å². The van der Waals surface area contributed by atoms with E-state index in [-0.39, 0.29) is 35.0 Å². The fourth-order valence-electron chi connectivity index (χ4n) is 7.16. The number of carbonyl (C=O) groups excluding carboxylic acids is 2. The third kappa shape index (κ3) is 5.69. The summed E-state index contributed by atoms with van der Waals surface area (Å²) in [7, 11) is 1.78. The van der Waals surface area contributed by atoms with Gasteiger partial charge in [-0.1, -0.05) is 47.5 Å². The molecule has 0 bridgehead atoms. The van der Waals surface area contributed by atoms with Crippen molar-refractivity contribution in [3.8, 4) is 0 Å². The van der Waals surface area contributed by atoms with E-state index in [1.165, 1.54) is 5.56 Å². The van der Waals surface area contributed by atoms with E-state index in [0.717, 1.165) is 50.0 Å². The highest BCUT2D eigenvalue weighted by molar-refractivity contribution is 6.42. The number of piperidine rings is 1. The van der Waals surface area contributed by atoms with Crippen molar-refractivity contribution < 1.29 is 14.0 Å². The van der Waals surface area contributed by atoms with E-state index in [1.807, 2.05) is 23.1 Å². The van der Waals surface area contributed by atoms with Crippen LogP contribution in [0, 0.1) is 19.7 Å². The summed E-state index contributed by atoms with van der Waals surface area (Å²) in [5.74, 6) is -0.474. The fraction of sp³-hybridized carbons (Fsp3) is 0.412. The number of fused-ring (bicyclic) bond motifs is 2. The first kappa shape index (κ1) is 30.5. The minimum absolute atomic E-state index is 0.00294. The number of para-hydroxylation sites is 1. The third-order valence-electron chi connectivity index (χ3n) is 9.21. The van der Waals surface area contributed by atoms with Gasteiger partial charge in [0.1, 0.15) is 5.82 Å². The molecular weight excluding hydrogens is 572 g/mol. The fourth-order valence-corrected chi connectivity index (χ4v) is 7.47. The molecule has 2 heterocycles. The van der Waals surface area contributed by atoms with Gasteiger partial charge in [0, 0.05) is 49.1 Å².